The normalized spacial score (nSPS) is 35.0. The molecule has 4 nitrogen and oxygen atoms in total. The van der Waals surface area contributed by atoms with Crippen molar-refractivity contribution in [2.75, 3.05) is 0 Å². The predicted octanol–water partition coefficient (Wildman–Crippen LogP) is 5.87. The minimum atomic E-state index is -1.01. The lowest BCUT2D eigenvalue weighted by molar-refractivity contribution is -0.137. The molecule has 2 aliphatic carbocycles. The van der Waals surface area contributed by atoms with E-state index in [1.165, 1.54) is 0 Å². The van der Waals surface area contributed by atoms with Gasteiger partial charge in [-0.15, -0.1) is 0 Å². The molecule has 0 saturated heterocycles. The van der Waals surface area contributed by atoms with Crippen LogP contribution in [0.3, 0.4) is 0 Å². The topological polar surface area (TPSA) is 74.6 Å². The molecule has 0 bridgehead atoms. The number of rotatable bonds is 6. The van der Waals surface area contributed by atoms with Crippen LogP contribution in [-0.2, 0) is 9.59 Å². The zero-order chi connectivity index (χ0) is 21.2. The number of hydrogen-bond acceptors (Lipinski definition) is 2. The Balaban J connectivity index is 2.62. The Labute approximate surface area is 170 Å². The summed E-state index contributed by atoms with van der Waals surface area (Å²) in [6.45, 7) is 12.9. The van der Waals surface area contributed by atoms with Crippen LogP contribution in [0.5, 0.6) is 0 Å². The highest BCUT2D eigenvalue weighted by Gasteiger charge is 2.43. The molecule has 0 aliphatic heterocycles. The van der Waals surface area contributed by atoms with E-state index < -0.39 is 11.9 Å². The minimum absolute atomic E-state index is 0.155. The Bertz CT molecular complexity index is 552. The number of carboxylic acids is 2. The van der Waals surface area contributed by atoms with Gasteiger partial charge in [-0.05, 0) is 73.0 Å². The SMILES string of the molecule is CC(C)[C@@H]1CC[C@@H](C)C[C@H]1C(C(=O)O)=C(C(=O)O)[C@@H]1C[C@H](C)CC[C@H]1C(C)C. The van der Waals surface area contributed by atoms with Crippen molar-refractivity contribution in [3.63, 3.8) is 0 Å². The Hall–Kier alpha value is -1.32. The first-order chi connectivity index (χ1) is 13.0. The Morgan fingerprint density at radius 2 is 1.00 bits per heavy atom. The second-order valence-electron chi connectivity index (χ2n) is 10.3. The molecular formula is C24H40O4. The smallest absolute Gasteiger partial charge is 0.332 e. The van der Waals surface area contributed by atoms with E-state index in [0.29, 0.717) is 23.7 Å². The van der Waals surface area contributed by atoms with Gasteiger partial charge in [0.05, 0.1) is 11.1 Å². The molecule has 0 spiro atoms. The van der Waals surface area contributed by atoms with Crippen molar-refractivity contribution in [1.29, 1.82) is 0 Å². The van der Waals surface area contributed by atoms with Crippen molar-refractivity contribution in [3.8, 4) is 0 Å². The molecule has 2 saturated carbocycles. The largest absolute Gasteiger partial charge is 0.478 e. The van der Waals surface area contributed by atoms with Gasteiger partial charge in [-0.1, -0.05) is 54.4 Å². The summed E-state index contributed by atoms with van der Waals surface area (Å²) in [6.07, 6.45) is 5.75. The molecule has 0 aromatic rings. The summed E-state index contributed by atoms with van der Waals surface area (Å²) >= 11 is 0. The first-order valence-corrected chi connectivity index (χ1v) is 11.2. The molecule has 160 valence electrons. The van der Waals surface area contributed by atoms with Gasteiger partial charge in [-0.25, -0.2) is 9.59 Å². The number of carbonyl (C=O) groups is 2. The molecule has 2 N–H and O–H groups in total. The van der Waals surface area contributed by atoms with Gasteiger partial charge in [-0.2, -0.15) is 0 Å². The van der Waals surface area contributed by atoms with E-state index in [9.17, 15) is 19.8 Å². The van der Waals surface area contributed by atoms with E-state index in [1.807, 2.05) is 0 Å². The van der Waals surface area contributed by atoms with Crippen LogP contribution in [0.2, 0.25) is 0 Å². The van der Waals surface area contributed by atoms with Crippen LogP contribution >= 0.6 is 0 Å². The monoisotopic (exact) mass is 392 g/mol. The van der Waals surface area contributed by atoms with Gasteiger partial charge >= 0.3 is 11.9 Å². The van der Waals surface area contributed by atoms with Crippen LogP contribution in [0, 0.1) is 47.3 Å². The lowest BCUT2D eigenvalue weighted by Crippen LogP contribution is -2.37. The predicted molar refractivity (Wildman–Crippen MR) is 112 cm³/mol. The lowest BCUT2D eigenvalue weighted by atomic mass is 9.62. The number of carboxylic acid groups (broad SMARTS) is 2. The van der Waals surface area contributed by atoms with E-state index in [-0.39, 0.29) is 34.8 Å². The van der Waals surface area contributed by atoms with Crippen LogP contribution in [0.25, 0.3) is 0 Å². The van der Waals surface area contributed by atoms with Crippen LogP contribution in [0.15, 0.2) is 11.1 Å². The van der Waals surface area contributed by atoms with Crippen LogP contribution < -0.4 is 0 Å². The van der Waals surface area contributed by atoms with Crippen LogP contribution in [0.4, 0.5) is 0 Å². The molecule has 0 radical (unpaired) electrons. The fraction of sp³-hybridized carbons (Fsp3) is 0.833. The first-order valence-electron chi connectivity index (χ1n) is 11.2. The van der Waals surface area contributed by atoms with Crippen LogP contribution in [-0.4, -0.2) is 22.2 Å². The maximum atomic E-state index is 12.5. The first kappa shape index (κ1) is 23.0. The van der Waals surface area contributed by atoms with Gasteiger partial charge in [0.15, 0.2) is 0 Å². The molecule has 2 rings (SSSR count). The van der Waals surface area contributed by atoms with E-state index in [4.69, 9.17) is 0 Å². The van der Waals surface area contributed by atoms with Gasteiger partial charge in [0.2, 0.25) is 0 Å². The molecular weight excluding hydrogens is 352 g/mol. The summed E-state index contributed by atoms with van der Waals surface area (Å²) in [5.74, 6) is -0.252. The lowest BCUT2D eigenvalue weighted by Gasteiger charge is -2.41. The summed E-state index contributed by atoms with van der Waals surface area (Å²) < 4.78 is 0. The molecule has 6 atom stereocenters. The third-order valence-corrected chi connectivity index (χ3v) is 7.54. The van der Waals surface area contributed by atoms with Crippen LogP contribution in [0.1, 0.15) is 80.1 Å². The molecule has 0 aromatic heterocycles. The van der Waals surface area contributed by atoms with Crippen molar-refractivity contribution >= 4 is 11.9 Å². The molecule has 28 heavy (non-hydrogen) atoms. The highest BCUT2D eigenvalue weighted by Crippen LogP contribution is 2.47. The highest BCUT2D eigenvalue weighted by atomic mass is 16.4. The van der Waals surface area contributed by atoms with Gasteiger partial charge in [0, 0.05) is 0 Å². The van der Waals surface area contributed by atoms with E-state index >= 15 is 0 Å². The zero-order valence-electron chi connectivity index (χ0n) is 18.6. The second-order valence-corrected chi connectivity index (χ2v) is 10.3. The summed E-state index contributed by atoms with van der Waals surface area (Å²) in [6, 6.07) is 0. The molecule has 0 heterocycles. The number of hydrogen-bond donors (Lipinski definition) is 2. The van der Waals surface area contributed by atoms with Crippen molar-refractivity contribution in [2.24, 2.45) is 47.3 Å². The van der Waals surface area contributed by atoms with Gasteiger partial charge in [-0.3, -0.25) is 0 Å². The van der Waals surface area contributed by atoms with E-state index in [2.05, 4.69) is 41.5 Å². The maximum Gasteiger partial charge on any atom is 0.332 e. The highest BCUT2D eigenvalue weighted by molar-refractivity contribution is 5.99. The zero-order valence-corrected chi connectivity index (χ0v) is 18.6. The number of aliphatic carboxylic acids is 2. The van der Waals surface area contributed by atoms with Gasteiger partial charge in [0.1, 0.15) is 0 Å². The molecule has 0 amide bonds. The average Bonchev–Trinajstić information content (AvgIpc) is 2.58. The van der Waals surface area contributed by atoms with Crippen molar-refractivity contribution in [3.05, 3.63) is 11.1 Å². The Kier molecular flexibility index (Phi) is 7.75. The summed E-state index contributed by atoms with van der Waals surface area (Å²) in [4.78, 5) is 25.0. The Morgan fingerprint density at radius 3 is 1.25 bits per heavy atom. The van der Waals surface area contributed by atoms with Crippen molar-refractivity contribution < 1.29 is 19.8 Å². The fourth-order valence-electron chi connectivity index (χ4n) is 6.02. The molecule has 2 aliphatic rings. The molecule has 2 fully saturated rings. The average molecular weight is 393 g/mol. The summed E-state index contributed by atoms with van der Waals surface area (Å²) in [5.41, 5.74) is 0.449. The second kappa shape index (κ2) is 9.45. The van der Waals surface area contributed by atoms with E-state index in [1.54, 1.807) is 0 Å². The summed E-state index contributed by atoms with van der Waals surface area (Å²) in [5, 5.41) is 20.5. The van der Waals surface area contributed by atoms with E-state index in [0.717, 1.165) is 38.5 Å². The standard InChI is InChI=1S/C24H40O4/c1-13(2)17-9-7-15(5)11-19(17)21(23(25)26)22(24(27)28)20-12-16(6)8-10-18(20)14(3)4/h13-20H,7-12H2,1-6H3,(H,25,26)(H,27,28)/t15-,16-,17+,18+,19-,20-/m1/s1. The Morgan fingerprint density at radius 1 is 0.679 bits per heavy atom. The molecule has 0 aromatic carbocycles. The fourth-order valence-corrected chi connectivity index (χ4v) is 6.02. The third kappa shape index (κ3) is 4.99. The summed E-state index contributed by atoms with van der Waals surface area (Å²) in [7, 11) is 0. The molecule has 4 heteroatoms. The van der Waals surface area contributed by atoms with Gasteiger partial charge < -0.3 is 10.2 Å². The van der Waals surface area contributed by atoms with Gasteiger partial charge in [0.25, 0.3) is 0 Å². The minimum Gasteiger partial charge on any atom is -0.478 e. The van der Waals surface area contributed by atoms with Crippen molar-refractivity contribution in [1.82, 2.24) is 0 Å². The third-order valence-electron chi connectivity index (χ3n) is 7.54. The van der Waals surface area contributed by atoms with Crippen molar-refractivity contribution in [2.45, 2.75) is 80.1 Å². The maximum absolute atomic E-state index is 12.5. The quantitative estimate of drug-likeness (QED) is 0.554. The molecule has 0 unspecified atom stereocenters.